The largest absolute Gasteiger partial charge is 0.351 e. The Morgan fingerprint density at radius 2 is 1.58 bits per heavy atom. The number of nitrogens with one attached hydrogen (secondary N) is 1. The summed E-state index contributed by atoms with van der Waals surface area (Å²) in [4.78, 5) is 26.8. The average Bonchev–Trinajstić information content (AvgIpc) is 3.50. The van der Waals surface area contributed by atoms with Gasteiger partial charge in [0.25, 0.3) is 5.91 Å². The molecule has 1 aliphatic carbocycles. The van der Waals surface area contributed by atoms with Crippen molar-refractivity contribution in [2.24, 2.45) is 0 Å². The summed E-state index contributed by atoms with van der Waals surface area (Å²) in [5, 5.41) is 3.06. The maximum Gasteiger partial charge on any atom is 0.253 e. The fourth-order valence-corrected chi connectivity index (χ4v) is 3.34. The Morgan fingerprint density at radius 1 is 0.962 bits per heavy atom. The van der Waals surface area contributed by atoms with Gasteiger partial charge in [0.1, 0.15) is 0 Å². The Morgan fingerprint density at radius 3 is 2.12 bits per heavy atom. The van der Waals surface area contributed by atoms with E-state index in [9.17, 15) is 9.59 Å². The predicted octanol–water partition coefficient (Wildman–Crippen LogP) is 3.52. The minimum atomic E-state index is -0.347. The molecule has 1 saturated carbocycles. The molecule has 0 saturated heterocycles. The van der Waals surface area contributed by atoms with Crippen LogP contribution in [0.2, 0.25) is 0 Å². The van der Waals surface area contributed by atoms with Gasteiger partial charge in [0.05, 0.1) is 5.41 Å². The highest BCUT2D eigenvalue weighted by atomic mass is 16.2. The quantitative estimate of drug-likeness (QED) is 0.831. The van der Waals surface area contributed by atoms with E-state index in [-0.39, 0.29) is 17.2 Å². The molecule has 1 fully saturated rings. The van der Waals surface area contributed by atoms with Crippen LogP contribution in [0.1, 0.15) is 48.2 Å². The number of carbonyl (C=O) groups excluding carboxylic acids is 2. The average molecular weight is 350 g/mol. The zero-order valence-electron chi connectivity index (χ0n) is 15.5. The SMILES string of the molecule is CCN(CC)C(=O)c1ccc(CNC(=O)C2(c3ccccc3)CC2)cc1. The van der Waals surface area contributed by atoms with Crippen molar-refractivity contribution in [1.82, 2.24) is 10.2 Å². The van der Waals surface area contributed by atoms with E-state index in [1.165, 1.54) is 0 Å². The van der Waals surface area contributed by atoms with Gasteiger partial charge in [0, 0.05) is 25.2 Å². The van der Waals surface area contributed by atoms with Crippen LogP contribution in [-0.2, 0) is 16.8 Å². The van der Waals surface area contributed by atoms with Crippen LogP contribution >= 0.6 is 0 Å². The topological polar surface area (TPSA) is 49.4 Å². The van der Waals surface area contributed by atoms with Crippen molar-refractivity contribution in [3.63, 3.8) is 0 Å². The molecule has 0 spiro atoms. The smallest absolute Gasteiger partial charge is 0.253 e. The minimum absolute atomic E-state index is 0.0478. The summed E-state index contributed by atoms with van der Waals surface area (Å²) in [6.45, 7) is 5.84. The number of nitrogens with zero attached hydrogens (tertiary/aromatic N) is 1. The van der Waals surface area contributed by atoms with E-state index in [1.54, 1.807) is 4.90 Å². The molecule has 3 rings (SSSR count). The Kier molecular flexibility index (Phi) is 5.40. The number of amides is 2. The van der Waals surface area contributed by atoms with Crippen molar-refractivity contribution in [2.45, 2.75) is 38.6 Å². The van der Waals surface area contributed by atoms with Crippen molar-refractivity contribution in [3.05, 3.63) is 71.3 Å². The zero-order valence-corrected chi connectivity index (χ0v) is 15.5. The molecule has 0 radical (unpaired) electrons. The molecule has 0 atom stereocenters. The van der Waals surface area contributed by atoms with Crippen molar-refractivity contribution in [2.75, 3.05) is 13.1 Å². The fourth-order valence-electron chi connectivity index (χ4n) is 3.34. The molecule has 0 bridgehead atoms. The number of hydrogen-bond donors (Lipinski definition) is 1. The third-order valence-corrected chi connectivity index (χ3v) is 5.22. The highest BCUT2D eigenvalue weighted by Gasteiger charge is 2.50. The monoisotopic (exact) mass is 350 g/mol. The molecule has 0 aromatic heterocycles. The van der Waals surface area contributed by atoms with E-state index in [0.29, 0.717) is 25.2 Å². The van der Waals surface area contributed by atoms with E-state index in [2.05, 4.69) is 5.32 Å². The summed E-state index contributed by atoms with van der Waals surface area (Å²) in [5.41, 5.74) is 2.43. The van der Waals surface area contributed by atoms with Crippen LogP contribution in [0.5, 0.6) is 0 Å². The first kappa shape index (κ1) is 18.2. The lowest BCUT2D eigenvalue weighted by Gasteiger charge is -2.19. The minimum Gasteiger partial charge on any atom is -0.351 e. The van der Waals surface area contributed by atoms with E-state index in [0.717, 1.165) is 24.0 Å². The first-order valence-corrected chi connectivity index (χ1v) is 9.32. The Hall–Kier alpha value is -2.62. The normalized spacial score (nSPS) is 14.5. The summed E-state index contributed by atoms with van der Waals surface area (Å²) >= 11 is 0. The van der Waals surface area contributed by atoms with Crippen LogP contribution in [0.15, 0.2) is 54.6 Å². The number of benzene rings is 2. The van der Waals surface area contributed by atoms with Gasteiger partial charge in [0.2, 0.25) is 5.91 Å². The van der Waals surface area contributed by atoms with Gasteiger partial charge < -0.3 is 10.2 Å². The number of carbonyl (C=O) groups is 2. The summed E-state index contributed by atoms with van der Waals surface area (Å²) in [6, 6.07) is 17.5. The third-order valence-electron chi connectivity index (χ3n) is 5.22. The lowest BCUT2D eigenvalue weighted by atomic mass is 9.95. The first-order chi connectivity index (χ1) is 12.6. The zero-order chi connectivity index (χ0) is 18.6. The molecule has 0 unspecified atom stereocenters. The standard InChI is InChI=1S/C22H26N2O2/c1-3-24(4-2)20(25)18-12-10-17(11-13-18)16-23-21(26)22(14-15-22)19-8-6-5-7-9-19/h5-13H,3-4,14-16H2,1-2H3,(H,23,26). The van der Waals surface area contributed by atoms with Crippen molar-refractivity contribution in [1.29, 1.82) is 0 Å². The predicted molar refractivity (Wildman–Crippen MR) is 103 cm³/mol. The molecule has 2 aromatic rings. The molecule has 0 heterocycles. The molecular formula is C22H26N2O2. The van der Waals surface area contributed by atoms with Crippen LogP contribution in [0, 0.1) is 0 Å². The van der Waals surface area contributed by atoms with Crippen LogP contribution < -0.4 is 5.32 Å². The second-order valence-corrected chi connectivity index (χ2v) is 6.81. The van der Waals surface area contributed by atoms with Crippen molar-refractivity contribution >= 4 is 11.8 Å². The van der Waals surface area contributed by atoms with Crippen LogP contribution in [0.4, 0.5) is 0 Å². The Balaban J connectivity index is 1.60. The summed E-state index contributed by atoms with van der Waals surface area (Å²) in [6.07, 6.45) is 1.81. The molecule has 1 N–H and O–H groups in total. The lowest BCUT2D eigenvalue weighted by Crippen LogP contribution is -2.34. The highest BCUT2D eigenvalue weighted by molar-refractivity contribution is 5.94. The number of hydrogen-bond acceptors (Lipinski definition) is 2. The van der Waals surface area contributed by atoms with Gasteiger partial charge in [-0.1, -0.05) is 42.5 Å². The first-order valence-electron chi connectivity index (χ1n) is 9.32. The molecular weight excluding hydrogens is 324 g/mol. The molecule has 4 nitrogen and oxygen atoms in total. The van der Waals surface area contributed by atoms with Gasteiger partial charge in [-0.05, 0) is 49.9 Å². The number of rotatable bonds is 7. The van der Waals surface area contributed by atoms with Gasteiger partial charge >= 0.3 is 0 Å². The second-order valence-electron chi connectivity index (χ2n) is 6.81. The van der Waals surface area contributed by atoms with Gasteiger partial charge in [-0.2, -0.15) is 0 Å². The van der Waals surface area contributed by atoms with Crippen LogP contribution in [-0.4, -0.2) is 29.8 Å². The molecule has 1 aliphatic rings. The Bertz CT molecular complexity index is 760. The van der Waals surface area contributed by atoms with Crippen LogP contribution in [0.3, 0.4) is 0 Å². The van der Waals surface area contributed by atoms with E-state index >= 15 is 0 Å². The van der Waals surface area contributed by atoms with Gasteiger partial charge in [-0.3, -0.25) is 9.59 Å². The van der Waals surface area contributed by atoms with Crippen molar-refractivity contribution < 1.29 is 9.59 Å². The Labute approximate surface area is 155 Å². The summed E-state index contributed by atoms with van der Waals surface area (Å²) in [7, 11) is 0. The van der Waals surface area contributed by atoms with E-state index in [4.69, 9.17) is 0 Å². The highest BCUT2D eigenvalue weighted by Crippen LogP contribution is 2.48. The maximum absolute atomic E-state index is 12.7. The van der Waals surface area contributed by atoms with Crippen molar-refractivity contribution in [3.8, 4) is 0 Å². The summed E-state index contributed by atoms with van der Waals surface area (Å²) in [5.74, 6) is 0.138. The van der Waals surface area contributed by atoms with E-state index in [1.807, 2.05) is 68.4 Å². The van der Waals surface area contributed by atoms with Gasteiger partial charge in [0.15, 0.2) is 0 Å². The fraction of sp³-hybridized carbons (Fsp3) is 0.364. The molecule has 0 aliphatic heterocycles. The summed E-state index contributed by atoms with van der Waals surface area (Å²) < 4.78 is 0. The van der Waals surface area contributed by atoms with E-state index < -0.39 is 0 Å². The third kappa shape index (κ3) is 3.64. The molecule has 2 amide bonds. The second kappa shape index (κ2) is 7.73. The lowest BCUT2D eigenvalue weighted by molar-refractivity contribution is -0.123. The molecule has 26 heavy (non-hydrogen) atoms. The van der Waals surface area contributed by atoms with Gasteiger partial charge in [-0.25, -0.2) is 0 Å². The molecule has 4 heteroatoms. The molecule has 136 valence electrons. The molecule has 2 aromatic carbocycles. The van der Waals surface area contributed by atoms with Gasteiger partial charge in [-0.15, -0.1) is 0 Å². The maximum atomic E-state index is 12.7. The van der Waals surface area contributed by atoms with Crippen LogP contribution in [0.25, 0.3) is 0 Å².